The molecule has 1 aromatic carbocycles. The Hall–Kier alpha value is -0.920. The fraction of sp³-hybridized carbons (Fsp3) is 0.182. The van der Waals surface area contributed by atoms with Gasteiger partial charge in [0.2, 0.25) is 0 Å². The minimum absolute atomic E-state index is 0.191. The highest BCUT2D eigenvalue weighted by atomic mass is 79.9. The lowest BCUT2D eigenvalue weighted by atomic mass is 10.1. The molecule has 2 rings (SSSR count). The highest BCUT2D eigenvalue weighted by molar-refractivity contribution is 9.11. The van der Waals surface area contributed by atoms with Crippen LogP contribution in [0, 0.1) is 0 Å². The van der Waals surface area contributed by atoms with Gasteiger partial charge >= 0.3 is 6.18 Å². The molecule has 1 N–H and O–H groups in total. The molecule has 1 aromatic heterocycles. The van der Waals surface area contributed by atoms with Crippen molar-refractivity contribution in [3.05, 3.63) is 38.6 Å². The van der Waals surface area contributed by atoms with Crippen LogP contribution in [-0.4, -0.2) is 10.1 Å². The first kappa shape index (κ1) is 13.5. The van der Waals surface area contributed by atoms with Crippen LogP contribution >= 0.6 is 27.3 Å². The Bertz CT molecular complexity index is 550. The van der Waals surface area contributed by atoms with Gasteiger partial charge in [0.25, 0.3) is 0 Å². The van der Waals surface area contributed by atoms with Crippen molar-refractivity contribution in [2.24, 2.45) is 0 Å². The Morgan fingerprint density at radius 2 is 1.83 bits per heavy atom. The molecule has 0 saturated heterocycles. The Morgan fingerprint density at radius 3 is 2.28 bits per heavy atom. The number of benzene rings is 1. The number of hydrogen-bond donors (Lipinski definition) is 1. The van der Waals surface area contributed by atoms with E-state index in [4.69, 9.17) is 5.11 Å². The molecule has 0 aliphatic heterocycles. The molecule has 7 heteroatoms. The first-order valence-electron chi connectivity index (χ1n) is 4.85. The standard InChI is InChI=1S/C11H7BrF3NOS/c12-10-9(16-8(5-17)18-10)6-1-3-7(4-2-6)11(13,14)15/h1-4,17H,5H2. The van der Waals surface area contributed by atoms with Crippen molar-refractivity contribution in [1.82, 2.24) is 4.98 Å². The maximum Gasteiger partial charge on any atom is 0.416 e. The Labute approximate surface area is 113 Å². The minimum Gasteiger partial charge on any atom is -0.389 e. The summed E-state index contributed by atoms with van der Waals surface area (Å²) >= 11 is 4.53. The molecule has 0 radical (unpaired) electrons. The first-order chi connectivity index (χ1) is 8.41. The summed E-state index contributed by atoms with van der Waals surface area (Å²) < 4.78 is 37.9. The predicted molar refractivity (Wildman–Crippen MR) is 66.2 cm³/mol. The third kappa shape index (κ3) is 2.73. The summed E-state index contributed by atoms with van der Waals surface area (Å²) in [5, 5.41) is 9.46. The zero-order chi connectivity index (χ0) is 13.3. The van der Waals surface area contributed by atoms with Crippen molar-refractivity contribution in [1.29, 1.82) is 0 Å². The lowest BCUT2D eigenvalue weighted by Gasteiger charge is -2.06. The molecule has 0 atom stereocenters. The number of thiazole rings is 1. The lowest BCUT2D eigenvalue weighted by molar-refractivity contribution is -0.137. The Kier molecular flexibility index (Phi) is 3.74. The van der Waals surface area contributed by atoms with E-state index in [2.05, 4.69) is 20.9 Å². The van der Waals surface area contributed by atoms with Crippen LogP contribution in [0.15, 0.2) is 28.1 Å². The number of aromatic nitrogens is 1. The Balaban J connectivity index is 2.37. The van der Waals surface area contributed by atoms with E-state index in [1.807, 2.05) is 0 Å². The average Bonchev–Trinajstić information content (AvgIpc) is 2.70. The predicted octanol–water partition coefficient (Wildman–Crippen LogP) is 4.08. The highest BCUT2D eigenvalue weighted by Gasteiger charge is 2.30. The molecule has 2 aromatic rings. The minimum atomic E-state index is -4.34. The van der Waals surface area contributed by atoms with E-state index < -0.39 is 11.7 Å². The number of hydrogen-bond acceptors (Lipinski definition) is 3. The molecule has 18 heavy (non-hydrogen) atoms. The number of alkyl halides is 3. The molecule has 0 spiro atoms. The number of nitrogens with zero attached hydrogens (tertiary/aromatic N) is 1. The van der Waals surface area contributed by atoms with Crippen molar-refractivity contribution in [3.63, 3.8) is 0 Å². The van der Waals surface area contributed by atoms with Gasteiger partial charge in [-0.15, -0.1) is 11.3 Å². The van der Waals surface area contributed by atoms with Gasteiger partial charge in [-0.05, 0) is 28.1 Å². The van der Waals surface area contributed by atoms with Crippen LogP contribution in [0.5, 0.6) is 0 Å². The van der Waals surface area contributed by atoms with Crippen LogP contribution in [0.3, 0.4) is 0 Å². The van der Waals surface area contributed by atoms with E-state index in [0.29, 0.717) is 20.1 Å². The quantitative estimate of drug-likeness (QED) is 0.895. The van der Waals surface area contributed by atoms with Crippen molar-refractivity contribution in [3.8, 4) is 11.3 Å². The largest absolute Gasteiger partial charge is 0.416 e. The summed E-state index contributed by atoms with van der Waals surface area (Å²) in [6, 6.07) is 4.76. The summed E-state index contributed by atoms with van der Waals surface area (Å²) in [7, 11) is 0. The van der Waals surface area contributed by atoms with Gasteiger partial charge < -0.3 is 5.11 Å². The molecule has 0 amide bonds. The summed E-state index contributed by atoms with van der Waals surface area (Å²) in [4.78, 5) is 4.13. The smallest absolute Gasteiger partial charge is 0.389 e. The molecule has 0 fully saturated rings. The molecule has 2 nitrogen and oxygen atoms in total. The lowest BCUT2D eigenvalue weighted by Crippen LogP contribution is -2.04. The van der Waals surface area contributed by atoms with E-state index >= 15 is 0 Å². The van der Waals surface area contributed by atoms with Crippen LogP contribution in [0.2, 0.25) is 0 Å². The first-order valence-corrected chi connectivity index (χ1v) is 6.46. The third-order valence-corrected chi connectivity index (χ3v) is 3.94. The molecular formula is C11H7BrF3NOS. The number of aliphatic hydroxyl groups excluding tert-OH is 1. The zero-order valence-corrected chi connectivity index (χ0v) is 11.2. The fourth-order valence-electron chi connectivity index (χ4n) is 1.41. The van der Waals surface area contributed by atoms with Crippen molar-refractivity contribution < 1.29 is 18.3 Å². The van der Waals surface area contributed by atoms with E-state index in [9.17, 15) is 13.2 Å². The van der Waals surface area contributed by atoms with Gasteiger partial charge in [0.05, 0.1) is 21.7 Å². The van der Waals surface area contributed by atoms with Crippen molar-refractivity contribution in [2.45, 2.75) is 12.8 Å². The van der Waals surface area contributed by atoms with Gasteiger partial charge in [-0.25, -0.2) is 4.98 Å². The zero-order valence-electron chi connectivity index (χ0n) is 8.83. The third-order valence-electron chi connectivity index (χ3n) is 2.25. The number of halogens is 4. The van der Waals surface area contributed by atoms with Crippen LogP contribution in [-0.2, 0) is 12.8 Å². The normalized spacial score (nSPS) is 11.8. The average molecular weight is 338 g/mol. The number of aliphatic hydroxyl groups is 1. The maximum atomic E-state index is 12.4. The molecule has 0 saturated carbocycles. The van der Waals surface area contributed by atoms with Gasteiger partial charge in [0.1, 0.15) is 5.01 Å². The molecule has 0 bridgehead atoms. The van der Waals surface area contributed by atoms with Crippen LogP contribution in [0.25, 0.3) is 11.3 Å². The van der Waals surface area contributed by atoms with Gasteiger partial charge in [-0.1, -0.05) is 12.1 Å². The second kappa shape index (κ2) is 4.99. The van der Waals surface area contributed by atoms with Crippen LogP contribution in [0.4, 0.5) is 13.2 Å². The van der Waals surface area contributed by atoms with Gasteiger partial charge in [0.15, 0.2) is 0 Å². The summed E-state index contributed by atoms with van der Waals surface area (Å²) in [6.45, 7) is -0.191. The highest BCUT2D eigenvalue weighted by Crippen LogP contribution is 2.35. The monoisotopic (exact) mass is 337 g/mol. The number of rotatable bonds is 2. The Morgan fingerprint density at radius 1 is 1.22 bits per heavy atom. The molecular weight excluding hydrogens is 331 g/mol. The van der Waals surface area contributed by atoms with Crippen molar-refractivity contribution in [2.75, 3.05) is 0 Å². The SMILES string of the molecule is OCc1nc(-c2ccc(C(F)(F)F)cc2)c(Br)s1. The molecule has 0 unspecified atom stereocenters. The fourth-order valence-corrected chi connectivity index (χ4v) is 2.95. The van der Waals surface area contributed by atoms with Crippen LogP contribution < -0.4 is 0 Å². The second-order valence-corrected chi connectivity index (χ2v) is 5.86. The second-order valence-electron chi connectivity index (χ2n) is 3.46. The topological polar surface area (TPSA) is 33.1 Å². The van der Waals surface area contributed by atoms with Gasteiger partial charge in [0, 0.05) is 5.56 Å². The van der Waals surface area contributed by atoms with Gasteiger partial charge in [-0.2, -0.15) is 13.2 Å². The summed E-state index contributed by atoms with van der Waals surface area (Å²) in [5.41, 5.74) is 0.420. The molecule has 0 aliphatic rings. The maximum absolute atomic E-state index is 12.4. The van der Waals surface area contributed by atoms with E-state index in [1.165, 1.54) is 23.5 Å². The van der Waals surface area contributed by atoms with E-state index in [1.54, 1.807) is 0 Å². The summed E-state index contributed by atoms with van der Waals surface area (Å²) in [5.74, 6) is 0. The molecule has 0 aliphatic carbocycles. The van der Waals surface area contributed by atoms with Crippen LogP contribution in [0.1, 0.15) is 10.6 Å². The van der Waals surface area contributed by atoms with E-state index in [-0.39, 0.29) is 6.61 Å². The molecule has 1 heterocycles. The van der Waals surface area contributed by atoms with E-state index in [0.717, 1.165) is 12.1 Å². The van der Waals surface area contributed by atoms with Gasteiger partial charge in [-0.3, -0.25) is 0 Å². The summed E-state index contributed by atoms with van der Waals surface area (Å²) in [6.07, 6.45) is -4.34. The van der Waals surface area contributed by atoms with Crippen molar-refractivity contribution >= 4 is 27.3 Å². The molecule has 96 valence electrons.